The number of ether oxygens (including phenoxy) is 2. The highest BCUT2D eigenvalue weighted by Gasteiger charge is 2.44. The number of alkyl carbamates (subject to hydrolysis) is 1. The Balaban J connectivity index is 1.54. The zero-order valence-electron chi connectivity index (χ0n) is 20.6. The number of aliphatic hydroxyl groups is 1. The van der Waals surface area contributed by atoms with Crippen LogP contribution in [0.2, 0.25) is 0 Å². The van der Waals surface area contributed by atoms with Crippen LogP contribution in [0.5, 0.6) is 0 Å². The number of hydrogen-bond acceptors (Lipinski definition) is 7. The van der Waals surface area contributed by atoms with Crippen LogP contribution in [-0.2, 0) is 27.5 Å². The number of hydrogen-bond donors (Lipinski definition) is 4. The third-order valence-corrected chi connectivity index (χ3v) is 6.13. The Bertz CT molecular complexity index is 1200. The second-order valence-corrected chi connectivity index (χ2v) is 9.78. The van der Waals surface area contributed by atoms with Crippen molar-refractivity contribution >= 4 is 17.5 Å². The zero-order valence-corrected chi connectivity index (χ0v) is 20.6. The van der Waals surface area contributed by atoms with Crippen LogP contribution >= 0.6 is 0 Å². The van der Waals surface area contributed by atoms with E-state index in [1.54, 1.807) is 20.0 Å². The van der Waals surface area contributed by atoms with E-state index in [0.29, 0.717) is 18.1 Å². The number of pyridine rings is 1. The summed E-state index contributed by atoms with van der Waals surface area (Å²) in [4.78, 5) is 29.6. The molecule has 1 atom stereocenters. The van der Waals surface area contributed by atoms with Crippen molar-refractivity contribution in [1.82, 2.24) is 20.0 Å². The van der Waals surface area contributed by atoms with E-state index >= 15 is 0 Å². The maximum atomic E-state index is 12.8. The molecule has 5 N–H and O–H groups in total. The third kappa shape index (κ3) is 6.20. The van der Waals surface area contributed by atoms with Gasteiger partial charge in [-0.25, -0.2) is 9.78 Å². The Morgan fingerprint density at radius 1 is 1.17 bits per heavy atom. The van der Waals surface area contributed by atoms with E-state index in [4.69, 9.17) is 15.2 Å². The monoisotopic (exact) mass is 495 g/mol. The van der Waals surface area contributed by atoms with Crippen LogP contribution in [0, 0.1) is 0 Å². The van der Waals surface area contributed by atoms with Gasteiger partial charge >= 0.3 is 6.09 Å². The van der Waals surface area contributed by atoms with Crippen LogP contribution in [-0.4, -0.2) is 50.8 Å². The largest absolute Gasteiger partial charge is 0.443 e. The molecule has 4 rings (SSSR count). The molecule has 1 aromatic carbocycles. The van der Waals surface area contributed by atoms with Crippen LogP contribution in [0.25, 0.3) is 5.52 Å². The second kappa shape index (κ2) is 10.7. The quantitative estimate of drug-likeness (QED) is 0.320. The number of aliphatic hydroxyl groups excluding tert-OH is 1. The lowest BCUT2D eigenvalue weighted by Crippen LogP contribution is -2.51. The van der Waals surface area contributed by atoms with Gasteiger partial charge in [0, 0.05) is 0 Å². The van der Waals surface area contributed by atoms with Gasteiger partial charge < -0.3 is 30.9 Å². The zero-order chi connectivity index (χ0) is 25.8. The Kier molecular flexibility index (Phi) is 7.58. The van der Waals surface area contributed by atoms with E-state index in [2.05, 4.69) is 15.6 Å². The molecule has 0 spiro atoms. The fraction of sp³-hybridized carbons (Fsp3) is 0.423. The number of amides is 2. The molecule has 0 unspecified atom stereocenters. The van der Waals surface area contributed by atoms with Crippen molar-refractivity contribution in [2.45, 2.75) is 57.0 Å². The average molecular weight is 496 g/mol. The summed E-state index contributed by atoms with van der Waals surface area (Å²) in [6, 6.07) is 14.7. The van der Waals surface area contributed by atoms with Crippen molar-refractivity contribution in [3.8, 4) is 0 Å². The van der Waals surface area contributed by atoms with Crippen molar-refractivity contribution in [3.05, 3.63) is 71.8 Å². The predicted octanol–water partition coefficient (Wildman–Crippen LogP) is 2.20. The van der Waals surface area contributed by atoms with Gasteiger partial charge in [0.05, 0.1) is 48.3 Å². The van der Waals surface area contributed by atoms with Crippen LogP contribution in [0.3, 0.4) is 0 Å². The molecule has 2 heterocycles. The lowest BCUT2D eigenvalue weighted by atomic mass is 10.1. The summed E-state index contributed by atoms with van der Waals surface area (Å²) >= 11 is 0. The molecule has 1 aliphatic carbocycles. The summed E-state index contributed by atoms with van der Waals surface area (Å²) in [5, 5.41) is 15.1. The van der Waals surface area contributed by atoms with Gasteiger partial charge in [0.15, 0.2) is 0 Å². The summed E-state index contributed by atoms with van der Waals surface area (Å²) in [7, 11) is 0. The van der Waals surface area contributed by atoms with Crippen molar-refractivity contribution in [2.75, 3.05) is 13.2 Å². The summed E-state index contributed by atoms with van der Waals surface area (Å²) in [6.45, 7) is 3.64. The number of aromatic nitrogens is 2. The van der Waals surface area contributed by atoms with Gasteiger partial charge in [-0.1, -0.05) is 36.4 Å². The maximum Gasteiger partial charge on any atom is 0.408 e. The Hall–Kier alpha value is -3.47. The molecule has 3 aromatic rings. The molecule has 1 aliphatic rings. The molecule has 192 valence electrons. The molecule has 1 fully saturated rings. The molecule has 0 aliphatic heterocycles. The van der Waals surface area contributed by atoms with Gasteiger partial charge in [0.1, 0.15) is 18.5 Å². The Morgan fingerprint density at radius 2 is 1.92 bits per heavy atom. The number of fused-ring (bicyclic) bond motifs is 1. The van der Waals surface area contributed by atoms with Gasteiger partial charge in [0.25, 0.3) is 0 Å². The molecule has 0 bridgehead atoms. The standard InChI is InChI=1S/C26H33N5O5/c1-25(2,27)23(33)29-21(16-35-14-18-7-4-3-5-8-18)22-28-13-19-9-6-10-20(31(19)22)15-36-24(34)30-26(17-32)11-12-26/h3-10,13,21,32H,11-12,14-17,27H2,1-2H3,(H,29,33)(H,30,34)/t21-/m1/s1. The van der Waals surface area contributed by atoms with E-state index in [9.17, 15) is 14.7 Å². The lowest BCUT2D eigenvalue weighted by Gasteiger charge is -2.24. The van der Waals surface area contributed by atoms with Gasteiger partial charge in [-0.05, 0) is 44.4 Å². The molecule has 2 amide bonds. The van der Waals surface area contributed by atoms with Crippen molar-refractivity contribution < 1.29 is 24.2 Å². The number of rotatable bonds is 11. The minimum Gasteiger partial charge on any atom is -0.443 e. The molecular formula is C26H33N5O5. The first kappa shape index (κ1) is 25.6. The molecule has 10 heteroatoms. The first-order chi connectivity index (χ1) is 17.2. The minimum absolute atomic E-state index is 0.0258. The SMILES string of the molecule is CC(C)(N)C(=O)N[C@H](COCc1ccccc1)c1ncc2cccc(COC(=O)NC3(CO)CC3)n12. The van der Waals surface area contributed by atoms with Crippen molar-refractivity contribution in [1.29, 1.82) is 0 Å². The number of nitrogens with zero attached hydrogens (tertiary/aromatic N) is 2. The van der Waals surface area contributed by atoms with Crippen molar-refractivity contribution in [3.63, 3.8) is 0 Å². The summed E-state index contributed by atoms with van der Waals surface area (Å²) in [5.74, 6) is 0.184. The molecule has 1 saturated carbocycles. The van der Waals surface area contributed by atoms with Gasteiger partial charge in [0.2, 0.25) is 5.91 Å². The number of carbonyl (C=O) groups is 2. The number of carbonyl (C=O) groups excluding carboxylic acids is 2. The third-order valence-electron chi connectivity index (χ3n) is 6.13. The van der Waals surface area contributed by atoms with Gasteiger partial charge in [-0.2, -0.15) is 0 Å². The van der Waals surface area contributed by atoms with E-state index in [0.717, 1.165) is 23.9 Å². The molecule has 2 aromatic heterocycles. The lowest BCUT2D eigenvalue weighted by molar-refractivity contribution is -0.126. The average Bonchev–Trinajstić information content (AvgIpc) is 3.49. The number of imidazole rings is 1. The van der Waals surface area contributed by atoms with Crippen LogP contribution in [0.1, 0.15) is 49.8 Å². The van der Waals surface area contributed by atoms with E-state index in [1.165, 1.54) is 0 Å². The second-order valence-electron chi connectivity index (χ2n) is 9.78. The summed E-state index contributed by atoms with van der Waals surface area (Å²) < 4.78 is 13.2. The Labute approximate surface area is 209 Å². The molecular weight excluding hydrogens is 462 g/mol. The Morgan fingerprint density at radius 3 is 2.58 bits per heavy atom. The fourth-order valence-electron chi connectivity index (χ4n) is 3.76. The summed E-state index contributed by atoms with van der Waals surface area (Å²) in [6.07, 6.45) is 2.54. The van der Waals surface area contributed by atoms with Crippen LogP contribution < -0.4 is 16.4 Å². The maximum absolute atomic E-state index is 12.8. The highest BCUT2D eigenvalue weighted by molar-refractivity contribution is 5.85. The highest BCUT2D eigenvalue weighted by Crippen LogP contribution is 2.34. The smallest absolute Gasteiger partial charge is 0.408 e. The minimum atomic E-state index is -1.10. The number of nitrogens with one attached hydrogen (secondary N) is 2. The van der Waals surface area contributed by atoms with Gasteiger partial charge in [-0.3, -0.25) is 9.20 Å². The first-order valence-corrected chi connectivity index (χ1v) is 11.9. The number of benzene rings is 1. The molecule has 10 nitrogen and oxygen atoms in total. The van der Waals surface area contributed by atoms with Crippen LogP contribution in [0.4, 0.5) is 4.79 Å². The van der Waals surface area contributed by atoms with Crippen molar-refractivity contribution in [2.24, 2.45) is 5.73 Å². The molecule has 0 saturated heterocycles. The summed E-state index contributed by atoms with van der Waals surface area (Å²) in [5.41, 5.74) is 6.81. The topological polar surface area (TPSA) is 140 Å². The highest BCUT2D eigenvalue weighted by atomic mass is 16.5. The van der Waals surface area contributed by atoms with E-state index in [-0.39, 0.29) is 25.7 Å². The molecule has 0 radical (unpaired) electrons. The van der Waals surface area contributed by atoms with E-state index in [1.807, 2.05) is 52.9 Å². The predicted molar refractivity (Wildman–Crippen MR) is 133 cm³/mol. The fourth-order valence-corrected chi connectivity index (χ4v) is 3.76. The normalized spacial score (nSPS) is 15.3. The van der Waals surface area contributed by atoms with Gasteiger partial charge in [-0.15, -0.1) is 0 Å². The van der Waals surface area contributed by atoms with E-state index < -0.39 is 23.2 Å². The first-order valence-electron chi connectivity index (χ1n) is 11.9. The number of nitrogens with two attached hydrogens (primary N) is 1. The molecule has 36 heavy (non-hydrogen) atoms. The van der Waals surface area contributed by atoms with Crippen LogP contribution in [0.15, 0.2) is 54.7 Å².